The molecule has 78 valence electrons. The summed E-state index contributed by atoms with van der Waals surface area (Å²) in [7, 11) is 0. The zero-order chi connectivity index (χ0) is 10.8. The zero-order valence-electron chi connectivity index (χ0n) is 7.49. The molecule has 0 aliphatic rings. The summed E-state index contributed by atoms with van der Waals surface area (Å²) in [6.07, 6.45) is 1.62. The molecule has 1 aromatic heterocycles. The van der Waals surface area contributed by atoms with Gasteiger partial charge in [-0.1, -0.05) is 32.7 Å². The molecule has 0 N–H and O–H groups in total. The lowest BCUT2D eigenvalue weighted by atomic mass is 10.3. The van der Waals surface area contributed by atoms with E-state index in [4.69, 9.17) is 11.6 Å². The lowest BCUT2D eigenvalue weighted by molar-refractivity contribution is 0.626. The average Bonchev–Trinajstić information content (AvgIpc) is 2.65. The van der Waals surface area contributed by atoms with Gasteiger partial charge in [0.1, 0.15) is 5.82 Å². The van der Waals surface area contributed by atoms with Crippen molar-refractivity contribution in [2.75, 3.05) is 0 Å². The second-order valence-electron chi connectivity index (χ2n) is 2.87. The number of halogens is 3. The van der Waals surface area contributed by atoms with Crippen molar-refractivity contribution in [2.24, 2.45) is 0 Å². The molecular weight excluding hydrogens is 284 g/mol. The smallest absolute Gasteiger partial charge is 0.124 e. The van der Waals surface area contributed by atoms with Gasteiger partial charge in [0.2, 0.25) is 0 Å². The van der Waals surface area contributed by atoms with Gasteiger partial charge < -0.3 is 0 Å². The van der Waals surface area contributed by atoms with Gasteiger partial charge >= 0.3 is 0 Å². The summed E-state index contributed by atoms with van der Waals surface area (Å²) < 4.78 is 14.4. The molecule has 0 amide bonds. The molecular formula is C9H6BrClFN3. The third-order valence-electron chi connectivity index (χ3n) is 1.89. The highest BCUT2D eigenvalue weighted by Crippen LogP contribution is 2.22. The van der Waals surface area contributed by atoms with Crippen LogP contribution in [0.4, 0.5) is 4.39 Å². The lowest BCUT2D eigenvalue weighted by Gasteiger charge is -2.05. The van der Waals surface area contributed by atoms with Crippen LogP contribution in [0.2, 0.25) is 5.02 Å². The molecule has 0 saturated heterocycles. The van der Waals surface area contributed by atoms with Crippen molar-refractivity contribution in [3.05, 3.63) is 40.9 Å². The van der Waals surface area contributed by atoms with Crippen LogP contribution in [0, 0.1) is 5.82 Å². The highest BCUT2D eigenvalue weighted by molar-refractivity contribution is 9.08. The number of hydrogen-bond donors (Lipinski definition) is 0. The first kappa shape index (κ1) is 10.6. The zero-order valence-corrected chi connectivity index (χ0v) is 9.83. The minimum absolute atomic E-state index is 0.308. The molecule has 0 spiro atoms. The van der Waals surface area contributed by atoms with E-state index >= 15 is 0 Å². The molecule has 6 heteroatoms. The molecule has 0 aliphatic heterocycles. The van der Waals surface area contributed by atoms with Crippen LogP contribution in [-0.2, 0) is 5.33 Å². The highest BCUT2D eigenvalue weighted by atomic mass is 79.9. The average molecular weight is 291 g/mol. The number of aromatic nitrogens is 3. The second kappa shape index (κ2) is 4.28. The van der Waals surface area contributed by atoms with Crippen LogP contribution < -0.4 is 0 Å². The van der Waals surface area contributed by atoms with E-state index in [9.17, 15) is 4.39 Å². The monoisotopic (exact) mass is 289 g/mol. The van der Waals surface area contributed by atoms with E-state index in [1.807, 2.05) is 0 Å². The van der Waals surface area contributed by atoms with Gasteiger partial charge in [-0.2, -0.15) is 0 Å². The summed E-state index contributed by atoms with van der Waals surface area (Å²) in [5, 5.41) is 8.55. The van der Waals surface area contributed by atoms with Gasteiger partial charge in [0, 0.05) is 5.33 Å². The maximum Gasteiger partial charge on any atom is 0.124 e. The molecule has 15 heavy (non-hydrogen) atoms. The molecule has 0 saturated carbocycles. The molecule has 1 heterocycles. The Kier molecular flexibility index (Phi) is 3.02. The van der Waals surface area contributed by atoms with Crippen molar-refractivity contribution in [2.45, 2.75) is 5.33 Å². The molecule has 0 aliphatic carbocycles. The summed E-state index contributed by atoms with van der Waals surface area (Å²) in [6.45, 7) is 0. The van der Waals surface area contributed by atoms with E-state index in [2.05, 4.69) is 26.2 Å². The quantitative estimate of drug-likeness (QED) is 0.796. The van der Waals surface area contributed by atoms with Crippen LogP contribution in [-0.4, -0.2) is 15.0 Å². The van der Waals surface area contributed by atoms with Crippen LogP contribution >= 0.6 is 27.5 Å². The van der Waals surface area contributed by atoms with Gasteiger partial charge in [0.15, 0.2) is 0 Å². The van der Waals surface area contributed by atoms with Crippen molar-refractivity contribution in [3.63, 3.8) is 0 Å². The SMILES string of the molecule is Fc1ccc(-n2nncc2CBr)c(Cl)c1. The summed E-state index contributed by atoms with van der Waals surface area (Å²) in [6, 6.07) is 4.15. The van der Waals surface area contributed by atoms with Crippen molar-refractivity contribution >= 4 is 27.5 Å². The first-order valence-electron chi connectivity index (χ1n) is 4.13. The maximum absolute atomic E-state index is 12.8. The Morgan fingerprint density at radius 3 is 2.93 bits per heavy atom. The fourth-order valence-corrected chi connectivity index (χ4v) is 1.83. The molecule has 2 aromatic rings. The molecule has 0 fully saturated rings. The van der Waals surface area contributed by atoms with Crippen LogP contribution in [0.15, 0.2) is 24.4 Å². The Morgan fingerprint density at radius 2 is 2.27 bits per heavy atom. The van der Waals surface area contributed by atoms with Crippen LogP contribution in [0.5, 0.6) is 0 Å². The van der Waals surface area contributed by atoms with Gasteiger partial charge in [0.25, 0.3) is 0 Å². The Hall–Kier alpha value is -0.940. The van der Waals surface area contributed by atoms with Crippen LogP contribution in [0.25, 0.3) is 5.69 Å². The molecule has 0 bridgehead atoms. The molecule has 0 radical (unpaired) electrons. The van der Waals surface area contributed by atoms with Gasteiger partial charge in [-0.15, -0.1) is 5.10 Å². The normalized spacial score (nSPS) is 10.6. The maximum atomic E-state index is 12.8. The summed E-state index contributed by atoms with van der Waals surface area (Å²) in [5.74, 6) is -0.371. The van der Waals surface area contributed by atoms with E-state index in [0.717, 1.165) is 5.69 Å². The summed E-state index contributed by atoms with van der Waals surface area (Å²) in [4.78, 5) is 0. The topological polar surface area (TPSA) is 30.7 Å². The minimum atomic E-state index is -0.371. The van der Waals surface area contributed by atoms with Crippen LogP contribution in [0.1, 0.15) is 5.69 Å². The van der Waals surface area contributed by atoms with E-state index < -0.39 is 0 Å². The predicted molar refractivity (Wildman–Crippen MR) is 59.0 cm³/mol. The summed E-state index contributed by atoms with van der Waals surface area (Å²) in [5.41, 5.74) is 1.47. The number of benzene rings is 1. The lowest BCUT2D eigenvalue weighted by Crippen LogP contribution is -2.01. The Bertz CT molecular complexity index is 486. The predicted octanol–water partition coefficient (Wildman–Crippen LogP) is 2.95. The van der Waals surface area contributed by atoms with Crippen molar-refractivity contribution in [1.82, 2.24) is 15.0 Å². The van der Waals surface area contributed by atoms with E-state index in [1.165, 1.54) is 12.1 Å². The fourth-order valence-electron chi connectivity index (χ4n) is 1.20. The van der Waals surface area contributed by atoms with Crippen molar-refractivity contribution < 1.29 is 4.39 Å². The Morgan fingerprint density at radius 1 is 1.47 bits per heavy atom. The third kappa shape index (κ3) is 2.03. The number of rotatable bonds is 2. The number of hydrogen-bond acceptors (Lipinski definition) is 2. The molecule has 0 unspecified atom stereocenters. The molecule has 1 aromatic carbocycles. The van der Waals surface area contributed by atoms with E-state index in [-0.39, 0.29) is 5.82 Å². The third-order valence-corrected chi connectivity index (χ3v) is 2.77. The summed E-state index contributed by atoms with van der Waals surface area (Å²) >= 11 is 9.21. The molecule has 0 atom stereocenters. The Labute approximate surface area is 99.0 Å². The highest BCUT2D eigenvalue weighted by Gasteiger charge is 2.09. The van der Waals surface area contributed by atoms with Gasteiger partial charge in [-0.05, 0) is 18.2 Å². The minimum Gasteiger partial charge on any atom is -0.215 e. The Balaban J connectivity index is 2.54. The van der Waals surface area contributed by atoms with Crippen molar-refractivity contribution in [3.8, 4) is 5.69 Å². The molecule has 3 nitrogen and oxygen atoms in total. The number of alkyl halides is 1. The van der Waals surface area contributed by atoms with Crippen LogP contribution in [0.3, 0.4) is 0 Å². The van der Waals surface area contributed by atoms with E-state index in [1.54, 1.807) is 16.9 Å². The standard InChI is InChI=1S/C9H6BrClFN3/c10-4-7-5-13-14-15(7)9-2-1-6(12)3-8(9)11/h1-3,5H,4H2. The van der Waals surface area contributed by atoms with Gasteiger partial charge in [0.05, 0.1) is 22.6 Å². The number of nitrogens with zero attached hydrogens (tertiary/aromatic N) is 3. The first-order chi connectivity index (χ1) is 7.22. The largest absolute Gasteiger partial charge is 0.215 e. The first-order valence-corrected chi connectivity index (χ1v) is 5.63. The van der Waals surface area contributed by atoms with Gasteiger partial charge in [-0.3, -0.25) is 0 Å². The molecule has 2 rings (SSSR count). The van der Waals surface area contributed by atoms with Gasteiger partial charge in [-0.25, -0.2) is 9.07 Å². The van der Waals surface area contributed by atoms with Crippen molar-refractivity contribution in [1.29, 1.82) is 0 Å². The fraction of sp³-hybridized carbons (Fsp3) is 0.111. The van der Waals surface area contributed by atoms with E-state index in [0.29, 0.717) is 16.0 Å². The second-order valence-corrected chi connectivity index (χ2v) is 3.83.